The SMILES string of the molecule is Fc1cccc(C2NNCC2CN2CCOC(c3cccnc3)C2)c1. The Morgan fingerprint density at radius 1 is 1.24 bits per heavy atom. The Morgan fingerprint density at radius 3 is 3.00 bits per heavy atom. The lowest BCUT2D eigenvalue weighted by Gasteiger charge is -2.35. The van der Waals surface area contributed by atoms with E-state index in [0.29, 0.717) is 5.92 Å². The first-order valence-corrected chi connectivity index (χ1v) is 8.77. The van der Waals surface area contributed by atoms with Crippen LogP contribution in [0.2, 0.25) is 0 Å². The number of nitrogens with zero attached hydrogens (tertiary/aromatic N) is 2. The quantitative estimate of drug-likeness (QED) is 0.891. The fourth-order valence-corrected chi connectivity index (χ4v) is 3.73. The second-order valence-corrected chi connectivity index (χ2v) is 6.72. The van der Waals surface area contributed by atoms with Crippen molar-refractivity contribution >= 4 is 0 Å². The number of hydrogen-bond donors (Lipinski definition) is 2. The highest BCUT2D eigenvalue weighted by atomic mass is 19.1. The van der Waals surface area contributed by atoms with Gasteiger partial charge in [0.15, 0.2) is 0 Å². The number of ether oxygens (including phenoxy) is 1. The molecule has 4 rings (SSSR count). The highest BCUT2D eigenvalue weighted by Gasteiger charge is 2.32. The average Bonchev–Trinajstić information content (AvgIpc) is 3.11. The van der Waals surface area contributed by atoms with Crippen molar-refractivity contribution in [2.45, 2.75) is 12.1 Å². The first kappa shape index (κ1) is 16.6. The molecule has 2 aliphatic rings. The summed E-state index contributed by atoms with van der Waals surface area (Å²) in [6.45, 7) is 4.32. The van der Waals surface area contributed by atoms with Crippen molar-refractivity contribution in [2.24, 2.45) is 5.92 Å². The minimum Gasteiger partial charge on any atom is -0.371 e. The third-order valence-corrected chi connectivity index (χ3v) is 5.00. The Hall–Kier alpha value is -1.86. The highest BCUT2D eigenvalue weighted by molar-refractivity contribution is 5.22. The van der Waals surface area contributed by atoms with Crippen molar-refractivity contribution in [3.05, 3.63) is 65.7 Å². The summed E-state index contributed by atoms with van der Waals surface area (Å²) in [5, 5.41) is 0. The van der Waals surface area contributed by atoms with Gasteiger partial charge in [0.25, 0.3) is 0 Å². The molecule has 2 aliphatic heterocycles. The Labute approximate surface area is 147 Å². The normalized spacial score (nSPS) is 27.5. The van der Waals surface area contributed by atoms with Crippen molar-refractivity contribution in [2.75, 3.05) is 32.8 Å². The van der Waals surface area contributed by atoms with E-state index in [4.69, 9.17) is 4.74 Å². The summed E-state index contributed by atoms with van der Waals surface area (Å²) in [6, 6.07) is 11.0. The number of benzene rings is 1. The lowest BCUT2D eigenvalue weighted by molar-refractivity contribution is -0.0347. The maximum atomic E-state index is 13.6. The molecule has 0 amide bonds. The van der Waals surface area contributed by atoms with Gasteiger partial charge in [-0.3, -0.25) is 15.3 Å². The maximum absolute atomic E-state index is 13.6. The maximum Gasteiger partial charge on any atom is 0.123 e. The number of halogens is 1. The molecule has 6 heteroatoms. The predicted molar refractivity (Wildman–Crippen MR) is 93.1 cm³/mol. The first-order valence-electron chi connectivity index (χ1n) is 8.77. The lowest BCUT2D eigenvalue weighted by Crippen LogP contribution is -2.42. The number of hydrogen-bond acceptors (Lipinski definition) is 5. The van der Waals surface area contributed by atoms with E-state index in [1.807, 2.05) is 18.3 Å². The highest BCUT2D eigenvalue weighted by Crippen LogP contribution is 2.28. The van der Waals surface area contributed by atoms with Gasteiger partial charge >= 0.3 is 0 Å². The molecule has 0 aliphatic carbocycles. The van der Waals surface area contributed by atoms with Crippen molar-refractivity contribution in [3.63, 3.8) is 0 Å². The van der Waals surface area contributed by atoms with Gasteiger partial charge < -0.3 is 4.74 Å². The fourth-order valence-electron chi connectivity index (χ4n) is 3.73. The summed E-state index contributed by atoms with van der Waals surface area (Å²) < 4.78 is 19.5. The Bertz CT molecular complexity index is 699. The van der Waals surface area contributed by atoms with E-state index in [-0.39, 0.29) is 18.0 Å². The summed E-state index contributed by atoms with van der Waals surface area (Å²) in [6.07, 6.45) is 3.73. The zero-order chi connectivity index (χ0) is 17.1. The van der Waals surface area contributed by atoms with Crippen LogP contribution in [0.3, 0.4) is 0 Å². The second-order valence-electron chi connectivity index (χ2n) is 6.72. The van der Waals surface area contributed by atoms with Crippen LogP contribution >= 0.6 is 0 Å². The smallest absolute Gasteiger partial charge is 0.123 e. The molecule has 132 valence electrons. The van der Waals surface area contributed by atoms with E-state index < -0.39 is 0 Å². The number of morpholine rings is 1. The molecular formula is C19H23FN4O. The van der Waals surface area contributed by atoms with Crippen LogP contribution in [0.4, 0.5) is 4.39 Å². The first-order chi connectivity index (χ1) is 12.3. The molecule has 2 saturated heterocycles. The Kier molecular flexibility index (Phi) is 5.03. The Morgan fingerprint density at radius 2 is 2.16 bits per heavy atom. The lowest BCUT2D eigenvalue weighted by atomic mass is 9.94. The molecule has 5 nitrogen and oxygen atoms in total. The second kappa shape index (κ2) is 7.58. The van der Waals surface area contributed by atoms with Gasteiger partial charge in [0.05, 0.1) is 18.8 Å². The summed E-state index contributed by atoms with van der Waals surface area (Å²) >= 11 is 0. The number of pyridine rings is 1. The van der Waals surface area contributed by atoms with Gasteiger partial charge in [0.2, 0.25) is 0 Å². The molecule has 0 spiro atoms. The van der Waals surface area contributed by atoms with Gasteiger partial charge in [-0.25, -0.2) is 9.82 Å². The average molecular weight is 342 g/mol. The van der Waals surface area contributed by atoms with Crippen LogP contribution in [0.1, 0.15) is 23.3 Å². The van der Waals surface area contributed by atoms with Gasteiger partial charge in [-0.05, 0) is 23.8 Å². The third kappa shape index (κ3) is 3.88. The largest absolute Gasteiger partial charge is 0.371 e. The molecule has 3 unspecified atom stereocenters. The topological polar surface area (TPSA) is 49.4 Å². The summed E-state index contributed by atoms with van der Waals surface area (Å²) in [7, 11) is 0. The minimum atomic E-state index is -0.187. The molecule has 0 saturated carbocycles. The minimum absolute atomic E-state index is 0.0670. The predicted octanol–water partition coefficient (Wildman–Crippen LogP) is 2.06. The van der Waals surface area contributed by atoms with Crippen molar-refractivity contribution in [1.29, 1.82) is 0 Å². The standard InChI is InChI=1S/C19H23FN4O/c20-17-5-1-3-14(9-17)19-16(11-22-23-19)12-24-7-8-25-18(13-24)15-4-2-6-21-10-15/h1-6,9-10,16,18-19,22-23H,7-8,11-13H2. The summed E-state index contributed by atoms with van der Waals surface area (Å²) in [5.41, 5.74) is 8.65. The van der Waals surface area contributed by atoms with Gasteiger partial charge in [-0.1, -0.05) is 18.2 Å². The molecule has 3 heterocycles. The van der Waals surface area contributed by atoms with Crippen LogP contribution in [0, 0.1) is 11.7 Å². The van der Waals surface area contributed by atoms with E-state index in [9.17, 15) is 4.39 Å². The van der Waals surface area contributed by atoms with Crippen LogP contribution < -0.4 is 10.9 Å². The summed E-state index contributed by atoms with van der Waals surface area (Å²) in [4.78, 5) is 6.63. The molecule has 0 bridgehead atoms. The molecule has 2 N–H and O–H groups in total. The van der Waals surface area contributed by atoms with Crippen LogP contribution in [0.25, 0.3) is 0 Å². The van der Waals surface area contributed by atoms with Crippen LogP contribution in [0.15, 0.2) is 48.8 Å². The van der Waals surface area contributed by atoms with Gasteiger partial charge in [0, 0.05) is 50.1 Å². The zero-order valence-corrected chi connectivity index (χ0v) is 14.1. The molecule has 2 fully saturated rings. The van der Waals surface area contributed by atoms with Crippen molar-refractivity contribution < 1.29 is 9.13 Å². The number of aromatic nitrogens is 1. The number of hydrazine groups is 1. The molecule has 25 heavy (non-hydrogen) atoms. The van der Waals surface area contributed by atoms with E-state index in [1.54, 1.807) is 18.3 Å². The van der Waals surface area contributed by atoms with Gasteiger partial charge in [-0.2, -0.15) is 0 Å². The molecule has 1 aromatic heterocycles. The molecule has 0 radical (unpaired) electrons. The van der Waals surface area contributed by atoms with E-state index in [0.717, 1.165) is 43.9 Å². The van der Waals surface area contributed by atoms with Crippen LogP contribution in [0.5, 0.6) is 0 Å². The van der Waals surface area contributed by atoms with Gasteiger partial charge in [0.1, 0.15) is 5.82 Å². The number of nitrogens with one attached hydrogen (secondary N) is 2. The monoisotopic (exact) mass is 342 g/mol. The summed E-state index contributed by atoms with van der Waals surface area (Å²) in [5.74, 6) is 0.197. The van der Waals surface area contributed by atoms with Crippen molar-refractivity contribution in [3.8, 4) is 0 Å². The van der Waals surface area contributed by atoms with Crippen LogP contribution in [-0.2, 0) is 4.74 Å². The molecular weight excluding hydrogens is 319 g/mol. The van der Waals surface area contributed by atoms with E-state index in [2.05, 4.69) is 26.8 Å². The molecule has 1 aromatic carbocycles. The number of rotatable bonds is 4. The van der Waals surface area contributed by atoms with E-state index in [1.165, 1.54) is 6.07 Å². The van der Waals surface area contributed by atoms with E-state index >= 15 is 0 Å². The zero-order valence-electron chi connectivity index (χ0n) is 14.1. The third-order valence-electron chi connectivity index (χ3n) is 5.00. The van der Waals surface area contributed by atoms with Gasteiger partial charge in [-0.15, -0.1) is 0 Å². The fraction of sp³-hybridized carbons (Fsp3) is 0.421. The molecule has 2 aromatic rings. The Balaban J connectivity index is 1.42. The molecule has 3 atom stereocenters. The van der Waals surface area contributed by atoms with Crippen LogP contribution in [-0.4, -0.2) is 42.7 Å². The van der Waals surface area contributed by atoms with Crippen molar-refractivity contribution in [1.82, 2.24) is 20.7 Å².